The summed E-state index contributed by atoms with van der Waals surface area (Å²) in [5.74, 6) is 0.770. The Bertz CT molecular complexity index is 998. The van der Waals surface area contributed by atoms with Gasteiger partial charge in [-0.3, -0.25) is 19.6 Å². The van der Waals surface area contributed by atoms with Gasteiger partial charge in [0.2, 0.25) is 5.91 Å². The first-order valence-corrected chi connectivity index (χ1v) is 11.2. The van der Waals surface area contributed by atoms with Crippen LogP contribution in [0.25, 0.3) is 0 Å². The van der Waals surface area contributed by atoms with Crippen LogP contribution >= 0.6 is 0 Å². The van der Waals surface area contributed by atoms with Crippen LogP contribution < -0.4 is 5.56 Å². The number of nitrogens with one attached hydrogen (secondary N) is 1. The number of rotatable bonds is 4. The molecule has 0 spiro atoms. The maximum atomic E-state index is 13.2. The molecule has 1 amide bonds. The number of hydrogen-bond donors (Lipinski definition) is 1. The number of likely N-dealkylation sites (tertiary alicyclic amines) is 2. The van der Waals surface area contributed by atoms with Gasteiger partial charge in [-0.05, 0) is 58.2 Å². The number of aromatic amines is 1. The third kappa shape index (κ3) is 3.49. The second-order valence-corrected chi connectivity index (χ2v) is 9.37. The van der Waals surface area contributed by atoms with E-state index in [1.807, 2.05) is 29.4 Å². The molecule has 3 aliphatic heterocycles. The lowest BCUT2D eigenvalue weighted by molar-refractivity contribution is -0.133. The molecule has 2 fully saturated rings. The summed E-state index contributed by atoms with van der Waals surface area (Å²) >= 11 is 0. The molecule has 2 aromatic rings. The summed E-state index contributed by atoms with van der Waals surface area (Å²) in [7, 11) is 0. The number of aromatic nitrogens is 3. The van der Waals surface area contributed by atoms with Crippen molar-refractivity contribution in [3.05, 3.63) is 50.7 Å². The topological polar surface area (TPSA) is 74.2 Å². The zero-order chi connectivity index (χ0) is 20.8. The zero-order valence-corrected chi connectivity index (χ0v) is 18.0. The molecule has 5 heterocycles. The number of fused-ring (bicyclic) bond motifs is 4. The molecule has 30 heavy (non-hydrogen) atoms. The van der Waals surface area contributed by atoms with E-state index in [4.69, 9.17) is 0 Å². The van der Waals surface area contributed by atoms with E-state index in [1.54, 1.807) is 0 Å². The summed E-state index contributed by atoms with van der Waals surface area (Å²) in [6.45, 7) is 9.05. The molecule has 0 saturated carbocycles. The predicted molar refractivity (Wildman–Crippen MR) is 114 cm³/mol. The highest BCUT2D eigenvalue weighted by Crippen LogP contribution is 2.35. The number of hydrogen-bond acceptors (Lipinski definition) is 4. The number of amides is 1. The van der Waals surface area contributed by atoms with Crippen LogP contribution in [-0.2, 0) is 24.3 Å². The lowest BCUT2D eigenvalue weighted by Gasteiger charge is -2.43. The Morgan fingerprint density at radius 2 is 1.97 bits per heavy atom. The van der Waals surface area contributed by atoms with Gasteiger partial charge in [0.1, 0.15) is 0 Å². The van der Waals surface area contributed by atoms with Crippen LogP contribution in [0, 0.1) is 19.8 Å². The fraction of sp³-hybridized carbons (Fsp3) is 0.609. The fourth-order valence-electron chi connectivity index (χ4n) is 5.59. The van der Waals surface area contributed by atoms with Crippen molar-refractivity contribution < 1.29 is 4.79 Å². The van der Waals surface area contributed by atoms with Gasteiger partial charge in [0.05, 0.1) is 12.1 Å². The lowest BCUT2D eigenvalue weighted by Crippen LogP contribution is -2.50. The largest absolute Gasteiger partial charge is 0.341 e. The summed E-state index contributed by atoms with van der Waals surface area (Å²) in [5, 5.41) is 7.19. The highest BCUT2D eigenvalue weighted by Gasteiger charge is 2.37. The average molecular weight is 410 g/mol. The Kier molecular flexibility index (Phi) is 5.01. The van der Waals surface area contributed by atoms with Crippen LogP contribution in [0.1, 0.15) is 53.4 Å². The highest BCUT2D eigenvalue weighted by molar-refractivity contribution is 5.79. The summed E-state index contributed by atoms with van der Waals surface area (Å²) < 4.78 is 2.01. The maximum Gasteiger partial charge on any atom is 0.255 e. The van der Waals surface area contributed by atoms with Gasteiger partial charge in [0, 0.05) is 54.6 Å². The van der Waals surface area contributed by atoms with Crippen molar-refractivity contribution >= 4 is 5.91 Å². The summed E-state index contributed by atoms with van der Waals surface area (Å²) in [4.78, 5) is 30.6. The number of carbonyl (C=O) groups excluding carboxylic acids is 1. The molecule has 0 aliphatic carbocycles. The normalized spacial score (nSPS) is 23.6. The minimum atomic E-state index is 0.166. The van der Waals surface area contributed by atoms with E-state index in [0.29, 0.717) is 18.9 Å². The van der Waals surface area contributed by atoms with E-state index in [2.05, 4.69) is 21.2 Å². The number of H-pyrrole nitrogens is 1. The third-order valence-electron chi connectivity index (χ3n) is 7.24. The van der Waals surface area contributed by atoms with Gasteiger partial charge in [-0.25, -0.2) is 0 Å². The van der Waals surface area contributed by atoms with Crippen molar-refractivity contribution in [2.45, 2.75) is 58.5 Å². The fourth-order valence-corrected chi connectivity index (χ4v) is 5.59. The van der Waals surface area contributed by atoms with Crippen molar-refractivity contribution in [2.75, 3.05) is 26.2 Å². The minimum Gasteiger partial charge on any atom is -0.341 e. The van der Waals surface area contributed by atoms with E-state index in [-0.39, 0.29) is 17.4 Å². The maximum absolute atomic E-state index is 13.2. The molecule has 160 valence electrons. The molecule has 2 aromatic heterocycles. The first kappa shape index (κ1) is 19.5. The van der Waals surface area contributed by atoms with Gasteiger partial charge < -0.3 is 9.47 Å². The molecule has 3 aliphatic rings. The van der Waals surface area contributed by atoms with Crippen LogP contribution in [0.5, 0.6) is 0 Å². The van der Waals surface area contributed by atoms with Gasteiger partial charge in [-0.15, -0.1) is 0 Å². The van der Waals surface area contributed by atoms with E-state index >= 15 is 0 Å². The van der Waals surface area contributed by atoms with E-state index in [1.165, 1.54) is 12.8 Å². The molecule has 5 rings (SSSR count). The molecule has 0 unspecified atom stereocenters. The number of piperidine rings is 1. The van der Waals surface area contributed by atoms with Crippen LogP contribution in [0.4, 0.5) is 0 Å². The predicted octanol–water partition coefficient (Wildman–Crippen LogP) is 1.97. The second kappa shape index (κ2) is 7.69. The molecule has 2 bridgehead atoms. The number of pyridine rings is 1. The molecular weight excluding hydrogens is 378 g/mol. The highest BCUT2D eigenvalue weighted by atomic mass is 16.2. The Morgan fingerprint density at radius 3 is 2.70 bits per heavy atom. The molecule has 7 nitrogen and oxygen atoms in total. The van der Waals surface area contributed by atoms with Crippen molar-refractivity contribution in [2.24, 2.45) is 5.92 Å². The Labute approximate surface area is 177 Å². The smallest absolute Gasteiger partial charge is 0.255 e. The Morgan fingerprint density at radius 1 is 1.17 bits per heavy atom. The van der Waals surface area contributed by atoms with Crippen LogP contribution in [-0.4, -0.2) is 56.7 Å². The lowest BCUT2D eigenvalue weighted by atomic mass is 9.82. The summed E-state index contributed by atoms with van der Waals surface area (Å²) in [6, 6.07) is 4.18. The molecule has 2 atom stereocenters. The third-order valence-corrected chi connectivity index (χ3v) is 7.24. The summed E-state index contributed by atoms with van der Waals surface area (Å²) in [5.41, 5.74) is 5.09. The van der Waals surface area contributed by atoms with E-state index in [9.17, 15) is 9.59 Å². The van der Waals surface area contributed by atoms with Crippen molar-refractivity contribution in [1.29, 1.82) is 0 Å². The monoisotopic (exact) mass is 409 g/mol. The average Bonchev–Trinajstić information content (AvgIpc) is 3.35. The summed E-state index contributed by atoms with van der Waals surface area (Å²) in [6.07, 6.45) is 3.93. The van der Waals surface area contributed by atoms with Gasteiger partial charge >= 0.3 is 0 Å². The van der Waals surface area contributed by atoms with Crippen LogP contribution in [0.2, 0.25) is 0 Å². The molecule has 1 N–H and O–H groups in total. The standard InChI is InChI=1S/C23H31N5O2/c1-15-20(16(2)25-24-15)10-22(29)27-11-17-9-19(14-27)21-6-5-18(23(30)28(21)12-17)13-26-7-3-4-8-26/h5-6,17,19H,3-4,7-14H2,1-2H3,(H,24,25)/t17-,19+/m0/s1. The van der Waals surface area contributed by atoms with Crippen molar-refractivity contribution in [3.63, 3.8) is 0 Å². The number of aryl methyl sites for hydroxylation is 2. The molecule has 2 saturated heterocycles. The SMILES string of the molecule is Cc1n[nH]c(C)c1CC(=O)N1C[C@@H]2C[C@H](C1)c1ccc(CN3CCCC3)c(=O)n1C2. The second-order valence-electron chi connectivity index (χ2n) is 9.37. The minimum absolute atomic E-state index is 0.166. The number of carbonyl (C=O) groups is 1. The molecular formula is C23H31N5O2. The van der Waals surface area contributed by atoms with E-state index in [0.717, 1.165) is 67.4 Å². The van der Waals surface area contributed by atoms with Crippen molar-refractivity contribution in [1.82, 2.24) is 24.6 Å². The van der Waals surface area contributed by atoms with Gasteiger partial charge in [0.15, 0.2) is 0 Å². The van der Waals surface area contributed by atoms with Crippen LogP contribution in [0.3, 0.4) is 0 Å². The molecule has 0 radical (unpaired) electrons. The van der Waals surface area contributed by atoms with Crippen molar-refractivity contribution in [3.8, 4) is 0 Å². The van der Waals surface area contributed by atoms with Gasteiger partial charge in [0.25, 0.3) is 5.56 Å². The number of nitrogens with zero attached hydrogens (tertiary/aromatic N) is 4. The Balaban J connectivity index is 1.34. The van der Waals surface area contributed by atoms with Gasteiger partial charge in [-0.1, -0.05) is 6.07 Å². The van der Waals surface area contributed by atoms with E-state index < -0.39 is 0 Å². The molecule has 0 aromatic carbocycles. The Hall–Kier alpha value is -2.41. The van der Waals surface area contributed by atoms with Gasteiger partial charge in [-0.2, -0.15) is 5.10 Å². The first-order chi connectivity index (χ1) is 14.5. The zero-order valence-electron chi connectivity index (χ0n) is 18.0. The molecule has 7 heteroatoms. The first-order valence-electron chi connectivity index (χ1n) is 11.2. The van der Waals surface area contributed by atoms with Crippen LogP contribution in [0.15, 0.2) is 16.9 Å². The quantitative estimate of drug-likeness (QED) is 0.838.